The van der Waals surface area contributed by atoms with Crippen molar-refractivity contribution in [2.75, 3.05) is 26.8 Å². The summed E-state index contributed by atoms with van der Waals surface area (Å²) in [5.41, 5.74) is 0. The standard InChI is InChI=1S/C13H18FNO4S/c1-19-13-5-4-11(7-12(13)14)20(17,18)15-6-2-3-10(8-15)9-16/h4-5,7,10,16H,2-3,6,8-9H2,1H3. The van der Waals surface area contributed by atoms with Crippen molar-refractivity contribution < 1.29 is 22.7 Å². The number of sulfonamides is 1. The van der Waals surface area contributed by atoms with Crippen LogP contribution in [0.25, 0.3) is 0 Å². The van der Waals surface area contributed by atoms with Crippen LogP contribution in [0.4, 0.5) is 4.39 Å². The molecule has 2 rings (SSSR count). The van der Waals surface area contributed by atoms with Gasteiger partial charge >= 0.3 is 0 Å². The van der Waals surface area contributed by atoms with Crippen molar-refractivity contribution in [1.82, 2.24) is 4.31 Å². The molecule has 1 aromatic carbocycles. The van der Waals surface area contributed by atoms with Crippen molar-refractivity contribution in [3.05, 3.63) is 24.0 Å². The SMILES string of the molecule is COc1ccc(S(=O)(=O)N2CCCC(CO)C2)cc1F. The molecule has 0 bridgehead atoms. The number of benzene rings is 1. The molecule has 7 heteroatoms. The molecule has 0 aliphatic carbocycles. The Kier molecular flexibility index (Phi) is 4.62. The van der Waals surface area contributed by atoms with Crippen molar-refractivity contribution in [2.24, 2.45) is 5.92 Å². The fourth-order valence-corrected chi connectivity index (χ4v) is 3.92. The predicted octanol–water partition coefficient (Wildman–Crippen LogP) is 1.23. The van der Waals surface area contributed by atoms with Crippen LogP contribution in [0.15, 0.2) is 23.1 Å². The van der Waals surface area contributed by atoms with Crippen LogP contribution >= 0.6 is 0 Å². The molecule has 1 aliphatic rings. The van der Waals surface area contributed by atoms with Gasteiger partial charge in [0.1, 0.15) is 0 Å². The zero-order valence-electron chi connectivity index (χ0n) is 11.3. The van der Waals surface area contributed by atoms with E-state index < -0.39 is 15.8 Å². The maximum Gasteiger partial charge on any atom is 0.243 e. The molecule has 1 atom stereocenters. The molecule has 1 saturated heterocycles. The van der Waals surface area contributed by atoms with Gasteiger partial charge in [0.05, 0.1) is 12.0 Å². The van der Waals surface area contributed by atoms with Gasteiger partial charge < -0.3 is 9.84 Å². The highest BCUT2D eigenvalue weighted by atomic mass is 32.2. The van der Waals surface area contributed by atoms with E-state index in [2.05, 4.69) is 0 Å². The molecule has 112 valence electrons. The van der Waals surface area contributed by atoms with Gasteiger partial charge in [-0.05, 0) is 37.0 Å². The van der Waals surface area contributed by atoms with Gasteiger partial charge in [0, 0.05) is 19.7 Å². The quantitative estimate of drug-likeness (QED) is 0.908. The molecular formula is C13H18FNO4S. The topological polar surface area (TPSA) is 66.8 Å². The molecule has 1 N–H and O–H groups in total. The molecule has 0 radical (unpaired) electrons. The Bertz CT molecular complexity index is 576. The molecule has 1 aliphatic heterocycles. The van der Waals surface area contributed by atoms with Crippen LogP contribution in [-0.2, 0) is 10.0 Å². The van der Waals surface area contributed by atoms with Crippen LogP contribution in [0.2, 0.25) is 0 Å². The molecular weight excluding hydrogens is 285 g/mol. The van der Waals surface area contributed by atoms with Crippen molar-refractivity contribution in [2.45, 2.75) is 17.7 Å². The number of methoxy groups -OCH3 is 1. The van der Waals surface area contributed by atoms with Gasteiger partial charge in [0.15, 0.2) is 11.6 Å². The van der Waals surface area contributed by atoms with Gasteiger partial charge in [-0.3, -0.25) is 0 Å². The third-order valence-corrected chi connectivity index (χ3v) is 5.36. The van der Waals surface area contributed by atoms with Gasteiger partial charge in [0.2, 0.25) is 10.0 Å². The zero-order valence-corrected chi connectivity index (χ0v) is 12.1. The Morgan fingerprint density at radius 1 is 1.50 bits per heavy atom. The fourth-order valence-electron chi connectivity index (χ4n) is 2.35. The van der Waals surface area contributed by atoms with E-state index in [1.54, 1.807) is 0 Å². The number of hydrogen-bond acceptors (Lipinski definition) is 4. The second kappa shape index (κ2) is 6.07. The summed E-state index contributed by atoms with van der Waals surface area (Å²) in [6.45, 7) is 0.627. The number of rotatable bonds is 4. The van der Waals surface area contributed by atoms with Gasteiger partial charge in [-0.25, -0.2) is 12.8 Å². The monoisotopic (exact) mass is 303 g/mol. The molecule has 0 aromatic heterocycles. The van der Waals surface area contributed by atoms with Gasteiger partial charge in [-0.1, -0.05) is 0 Å². The summed E-state index contributed by atoms with van der Waals surface area (Å²) in [7, 11) is -2.40. The highest BCUT2D eigenvalue weighted by molar-refractivity contribution is 7.89. The van der Waals surface area contributed by atoms with Crippen molar-refractivity contribution >= 4 is 10.0 Å². The third kappa shape index (κ3) is 2.94. The van der Waals surface area contributed by atoms with E-state index in [9.17, 15) is 12.8 Å². The van der Waals surface area contributed by atoms with Crippen LogP contribution in [0.3, 0.4) is 0 Å². The van der Waals surface area contributed by atoms with E-state index in [0.717, 1.165) is 12.5 Å². The number of halogens is 1. The number of aliphatic hydroxyl groups excluding tert-OH is 1. The molecule has 1 fully saturated rings. The Labute approximate surface area is 118 Å². The third-order valence-electron chi connectivity index (χ3n) is 3.50. The Morgan fingerprint density at radius 2 is 2.25 bits per heavy atom. The van der Waals surface area contributed by atoms with Crippen LogP contribution in [-0.4, -0.2) is 44.6 Å². The zero-order chi connectivity index (χ0) is 14.8. The summed E-state index contributed by atoms with van der Waals surface area (Å²) in [6.07, 6.45) is 1.50. The maximum absolute atomic E-state index is 13.6. The molecule has 1 heterocycles. The average molecular weight is 303 g/mol. The number of piperidine rings is 1. The van der Waals surface area contributed by atoms with E-state index in [0.29, 0.717) is 13.0 Å². The van der Waals surface area contributed by atoms with Crippen LogP contribution in [0.1, 0.15) is 12.8 Å². The Balaban J connectivity index is 2.28. The lowest BCUT2D eigenvalue weighted by Crippen LogP contribution is -2.40. The van der Waals surface area contributed by atoms with Gasteiger partial charge in [-0.2, -0.15) is 4.31 Å². The number of hydrogen-bond donors (Lipinski definition) is 1. The summed E-state index contributed by atoms with van der Waals surface area (Å²) in [5, 5.41) is 9.16. The number of aliphatic hydroxyl groups is 1. The Hall–Kier alpha value is -1.18. The number of nitrogens with zero attached hydrogens (tertiary/aromatic N) is 1. The smallest absolute Gasteiger partial charge is 0.243 e. The molecule has 0 saturated carbocycles. The first kappa shape index (κ1) is 15.2. The van der Waals surface area contributed by atoms with Crippen molar-refractivity contribution in [3.8, 4) is 5.75 Å². The van der Waals surface area contributed by atoms with E-state index in [-0.39, 0.29) is 29.7 Å². The normalized spacial score (nSPS) is 20.9. The summed E-state index contributed by atoms with van der Waals surface area (Å²) < 4.78 is 44.6. The Morgan fingerprint density at radius 3 is 2.85 bits per heavy atom. The van der Waals surface area contributed by atoms with E-state index in [1.165, 1.54) is 23.5 Å². The van der Waals surface area contributed by atoms with Crippen molar-refractivity contribution in [1.29, 1.82) is 0 Å². The molecule has 20 heavy (non-hydrogen) atoms. The van der Waals surface area contributed by atoms with Crippen LogP contribution in [0.5, 0.6) is 5.75 Å². The van der Waals surface area contributed by atoms with Crippen LogP contribution < -0.4 is 4.74 Å². The van der Waals surface area contributed by atoms with E-state index in [4.69, 9.17) is 9.84 Å². The van der Waals surface area contributed by atoms with Crippen LogP contribution in [0, 0.1) is 11.7 Å². The molecule has 1 unspecified atom stereocenters. The fraction of sp³-hybridized carbons (Fsp3) is 0.538. The molecule has 0 spiro atoms. The minimum absolute atomic E-state index is 0.0100. The first-order chi connectivity index (χ1) is 9.48. The molecule has 5 nitrogen and oxygen atoms in total. The lowest BCUT2D eigenvalue weighted by molar-refractivity contribution is 0.165. The highest BCUT2D eigenvalue weighted by Crippen LogP contribution is 2.26. The number of ether oxygens (including phenoxy) is 1. The average Bonchev–Trinajstić information content (AvgIpc) is 2.47. The predicted molar refractivity (Wildman–Crippen MR) is 71.5 cm³/mol. The molecule has 1 aromatic rings. The molecule has 0 amide bonds. The minimum Gasteiger partial charge on any atom is -0.494 e. The second-order valence-corrected chi connectivity index (χ2v) is 6.79. The maximum atomic E-state index is 13.6. The minimum atomic E-state index is -3.73. The summed E-state index contributed by atoms with van der Waals surface area (Å²) in [5.74, 6) is -0.748. The van der Waals surface area contributed by atoms with Crippen molar-refractivity contribution in [3.63, 3.8) is 0 Å². The van der Waals surface area contributed by atoms with Gasteiger partial charge in [0.25, 0.3) is 0 Å². The highest BCUT2D eigenvalue weighted by Gasteiger charge is 2.30. The van der Waals surface area contributed by atoms with E-state index in [1.807, 2.05) is 0 Å². The first-order valence-electron chi connectivity index (χ1n) is 6.43. The second-order valence-electron chi connectivity index (χ2n) is 4.85. The largest absolute Gasteiger partial charge is 0.494 e. The summed E-state index contributed by atoms with van der Waals surface area (Å²) >= 11 is 0. The van der Waals surface area contributed by atoms with E-state index >= 15 is 0 Å². The summed E-state index contributed by atoms with van der Waals surface area (Å²) in [4.78, 5) is -0.0885. The summed E-state index contributed by atoms with van der Waals surface area (Å²) in [6, 6.07) is 3.60. The van der Waals surface area contributed by atoms with Gasteiger partial charge in [-0.15, -0.1) is 0 Å². The first-order valence-corrected chi connectivity index (χ1v) is 7.87. The lowest BCUT2D eigenvalue weighted by Gasteiger charge is -2.30. The lowest BCUT2D eigenvalue weighted by atomic mass is 10.0.